The van der Waals surface area contributed by atoms with E-state index in [1.165, 1.54) is 6.08 Å². The van der Waals surface area contributed by atoms with Crippen molar-refractivity contribution in [2.45, 2.75) is 13.5 Å². The summed E-state index contributed by atoms with van der Waals surface area (Å²) in [4.78, 5) is 11.8. The minimum absolute atomic E-state index is 0.167. The maximum atomic E-state index is 11.8. The van der Waals surface area contributed by atoms with Crippen LogP contribution in [-0.4, -0.2) is 19.6 Å². The highest BCUT2D eigenvalue weighted by Gasteiger charge is 2.11. The zero-order chi connectivity index (χ0) is 16.7. The normalized spacial score (nSPS) is 10.7. The molecule has 23 heavy (non-hydrogen) atoms. The maximum Gasteiger partial charge on any atom is 0.244 e. The summed E-state index contributed by atoms with van der Waals surface area (Å²) in [6.07, 6.45) is 3.28. The van der Waals surface area contributed by atoms with Crippen LogP contribution in [-0.2, 0) is 11.3 Å². The van der Waals surface area contributed by atoms with Gasteiger partial charge in [-0.3, -0.25) is 4.79 Å². The van der Waals surface area contributed by atoms with Crippen LogP contribution in [0, 0.1) is 0 Å². The second kappa shape index (κ2) is 8.60. The fraction of sp³-hybridized carbons (Fsp3) is 0.235. The van der Waals surface area contributed by atoms with Crippen molar-refractivity contribution in [3.05, 3.63) is 51.2 Å². The van der Waals surface area contributed by atoms with E-state index in [1.807, 2.05) is 23.8 Å². The molecule has 0 spiro atoms. The average Bonchev–Trinajstić information content (AvgIpc) is 3.06. The molecule has 0 fully saturated rings. The van der Waals surface area contributed by atoms with Gasteiger partial charge in [0.2, 0.25) is 5.91 Å². The molecule has 1 amide bonds. The van der Waals surface area contributed by atoms with Gasteiger partial charge in [-0.1, -0.05) is 11.6 Å². The number of amides is 1. The van der Waals surface area contributed by atoms with Crippen molar-refractivity contribution < 1.29 is 14.3 Å². The van der Waals surface area contributed by atoms with Gasteiger partial charge < -0.3 is 14.8 Å². The Balaban J connectivity index is 2.00. The van der Waals surface area contributed by atoms with Crippen LogP contribution in [0.25, 0.3) is 6.08 Å². The number of thiophene rings is 1. The molecule has 4 nitrogen and oxygen atoms in total. The molecule has 0 atom stereocenters. The number of nitrogens with one attached hydrogen (secondary N) is 1. The Hall–Kier alpha value is -1.98. The first-order valence-electron chi connectivity index (χ1n) is 7.11. The van der Waals surface area contributed by atoms with E-state index in [-0.39, 0.29) is 5.91 Å². The summed E-state index contributed by atoms with van der Waals surface area (Å²) in [6.45, 7) is 2.73. The van der Waals surface area contributed by atoms with Crippen molar-refractivity contribution in [1.29, 1.82) is 0 Å². The molecule has 0 aliphatic carbocycles. The standard InChI is InChI=1S/C17H18ClNO3S/c1-3-22-17-14(18)8-13(9-15(17)21-2)10-19-16(20)5-4-12-6-7-23-11-12/h4-9,11H,3,10H2,1-2H3,(H,19,20)/b5-4+. The Morgan fingerprint density at radius 1 is 1.43 bits per heavy atom. The van der Waals surface area contributed by atoms with E-state index in [4.69, 9.17) is 21.1 Å². The van der Waals surface area contributed by atoms with Crippen molar-refractivity contribution in [1.82, 2.24) is 5.32 Å². The van der Waals surface area contributed by atoms with E-state index in [1.54, 1.807) is 36.7 Å². The van der Waals surface area contributed by atoms with E-state index in [0.717, 1.165) is 11.1 Å². The van der Waals surface area contributed by atoms with Crippen LogP contribution in [0.5, 0.6) is 11.5 Å². The van der Waals surface area contributed by atoms with Crippen LogP contribution < -0.4 is 14.8 Å². The van der Waals surface area contributed by atoms with Crippen molar-refractivity contribution in [2.24, 2.45) is 0 Å². The van der Waals surface area contributed by atoms with E-state index < -0.39 is 0 Å². The minimum atomic E-state index is -0.167. The summed E-state index contributed by atoms with van der Waals surface area (Å²) in [5.74, 6) is 0.904. The lowest BCUT2D eigenvalue weighted by atomic mass is 10.2. The van der Waals surface area contributed by atoms with Crippen LogP contribution >= 0.6 is 22.9 Å². The second-order valence-corrected chi connectivity index (χ2v) is 5.84. The molecule has 0 aliphatic rings. The molecular weight excluding hydrogens is 334 g/mol. The second-order valence-electron chi connectivity index (χ2n) is 4.65. The lowest BCUT2D eigenvalue weighted by Crippen LogP contribution is -2.20. The van der Waals surface area contributed by atoms with Gasteiger partial charge in [0.05, 0.1) is 18.7 Å². The maximum absolute atomic E-state index is 11.8. The third-order valence-corrected chi connectivity index (χ3v) is 4.00. The summed E-state index contributed by atoms with van der Waals surface area (Å²) >= 11 is 7.79. The zero-order valence-corrected chi connectivity index (χ0v) is 14.5. The Labute approximate surface area is 144 Å². The number of benzene rings is 1. The summed E-state index contributed by atoms with van der Waals surface area (Å²) < 4.78 is 10.8. The number of methoxy groups -OCH3 is 1. The molecule has 0 saturated heterocycles. The van der Waals surface area contributed by atoms with Crippen LogP contribution in [0.2, 0.25) is 5.02 Å². The molecule has 0 saturated carbocycles. The molecule has 1 aromatic carbocycles. The topological polar surface area (TPSA) is 47.6 Å². The summed E-state index contributed by atoms with van der Waals surface area (Å²) in [7, 11) is 1.56. The lowest BCUT2D eigenvalue weighted by molar-refractivity contribution is -0.116. The fourth-order valence-corrected chi connectivity index (χ4v) is 2.87. The Morgan fingerprint density at radius 3 is 2.91 bits per heavy atom. The number of ether oxygens (including phenoxy) is 2. The Morgan fingerprint density at radius 2 is 2.26 bits per heavy atom. The Kier molecular flexibility index (Phi) is 6.50. The van der Waals surface area contributed by atoms with E-state index in [2.05, 4.69) is 5.32 Å². The highest BCUT2D eigenvalue weighted by Crippen LogP contribution is 2.36. The average molecular weight is 352 g/mol. The number of carbonyl (C=O) groups excluding carboxylic acids is 1. The molecule has 2 aromatic rings. The number of rotatable bonds is 7. The molecule has 6 heteroatoms. The predicted molar refractivity (Wildman–Crippen MR) is 94.4 cm³/mol. The van der Waals surface area contributed by atoms with Crippen LogP contribution in [0.1, 0.15) is 18.1 Å². The molecule has 0 radical (unpaired) electrons. The van der Waals surface area contributed by atoms with Gasteiger partial charge in [0.15, 0.2) is 11.5 Å². The molecule has 0 bridgehead atoms. The van der Waals surface area contributed by atoms with Gasteiger partial charge in [-0.05, 0) is 53.1 Å². The van der Waals surface area contributed by atoms with Gasteiger partial charge in [0, 0.05) is 12.6 Å². The van der Waals surface area contributed by atoms with Gasteiger partial charge in [-0.25, -0.2) is 0 Å². The van der Waals surface area contributed by atoms with E-state index >= 15 is 0 Å². The Bertz CT molecular complexity index is 683. The molecule has 1 heterocycles. The van der Waals surface area contributed by atoms with E-state index in [0.29, 0.717) is 29.7 Å². The van der Waals surface area contributed by atoms with Crippen molar-refractivity contribution in [3.63, 3.8) is 0 Å². The fourth-order valence-electron chi connectivity index (χ4n) is 1.95. The third-order valence-electron chi connectivity index (χ3n) is 3.01. The predicted octanol–water partition coefficient (Wildman–Crippen LogP) is 4.14. The third kappa shape index (κ3) is 5.01. The van der Waals surface area contributed by atoms with Gasteiger partial charge in [0.25, 0.3) is 0 Å². The number of carbonyl (C=O) groups is 1. The van der Waals surface area contributed by atoms with Crippen LogP contribution in [0.4, 0.5) is 0 Å². The number of hydrogen-bond donors (Lipinski definition) is 1. The first-order valence-corrected chi connectivity index (χ1v) is 8.43. The first-order chi connectivity index (χ1) is 11.1. The summed E-state index contributed by atoms with van der Waals surface area (Å²) in [5.41, 5.74) is 1.85. The van der Waals surface area contributed by atoms with Crippen molar-refractivity contribution in [3.8, 4) is 11.5 Å². The highest BCUT2D eigenvalue weighted by molar-refractivity contribution is 7.08. The quantitative estimate of drug-likeness (QED) is 0.763. The minimum Gasteiger partial charge on any atom is -0.493 e. The van der Waals surface area contributed by atoms with Crippen LogP contribution in [0.3, 0.4) is 0 Å². The van der Waals surface area contributed by atoms with Crippen molar-refractivity contribution >= 4 is 34.9 Å². The summed E-state index contributed by atoms with van der Waals surface area (Å²) in [6, 6.07) is 5.52. The molecule has 2 rings (SSSR count). The number of halogens is 1. The smallest absolute Gasteiger partial charge is 0.244 e. The molecular formula is C17H18ClNO3S. The molecule has 0 unspecified atom stereocenters. The number of hydrogen-bond acceptors (Lipinski definition) is 4. The lowest BCUT2D eigenvalue weighted by Gasteiger charge is -2.13. The molecule has 122 valence electrons. The van der Waals surface area contributed by atoms with Gasteiger partial charge >= 0.3 is 0 Å². The van der Waals surface area contributed by atoms with Crippen LogP contribution in [0.15, 0.2) is 35.0 Å². The largest absolute Gasteiger partial charge is 0.493 e. The van der Waals surface area contributed by atoms with E-state index in [9.17, 15) is 4.79 Å². The monoisotopic (exact) mass is 351 g/mol. The SMILES string of the molecule is CCOc1c(Cl)cc(CNC(=O)/C=C/c2ccsc2)cc1OC. The molecule has 1 aromatic heterocycles. The summed E-state index contributed by atoms with van der Waals surface area (Å²) in [5, 5.41) is 7.21. The molecule has 0 aliphatic heterocycles. The highest BCUT2D eigenvalue weighted by atomic mass is 35.5. The first kappa shape index (κ1) is 17.4. The van der Waals surface area contributed by atoms with Gasteiger partial charge in [0.1, 0.15) is 0 Å². The zero-order valence-electron chi connectivity index (χ0n) is 13.0. The van der Waals surface area contributed by atoms with Gasteiger partial charge in [-0.2, -0.15) is 11.3 Å². The van der Waals surface area contributed by atoms with Gasteiger partial charge in [-0.15, -0.1) is 0 Å². The van der Waals surface area contributed by atoms with Crippen molar-refractivity contribution in [2.75, 3.05) is 13.7 Å². The molecule has 1 N–H and O–H groups in total.